The molecule has 1 aromatic carbocycles. The van der Waals surface area contributed by atoms with Crippen molar-refractivity contribution in [2.45, 2.75) is 52.9 Å². The van der Waals surface area contributed by atoms with Crippen LogP contribution in [-0.4, -0.2) is 64.8 Å². The highest BCUT2D eigenvalue weighted by atomic mass is 16.6. The molecule has 0 aliphatic carbocycles. The zero-order valence-electron chi connectivity index (χ0n) is 25.3. The lowest BCUT2D eigenvalue weighted by atomic mass is 10.1. The fourth-order valence-electron chi connectivity index (χ4n) is 3.85. The Labute approximate surface area is 251 Å². The Morgan fingerprint density at radius 1 is 0.953 bits per heavy atom. The van der Waals surface area contributed by atoms with Crippen molar-refractivity contribution in [3.8, 4) is 5.88 Å². The van der Waals surface area contributed by atoms with Gasteiger partial charge in [0.15, 0.2) is 0 Å². The van der Waals surface area contributed by atoms with E-state index in [4.69, 9.17) is 14.2 Å². The van der Waals surface area contributed by atoms with Gasteiger partial charge in [-0.1, -0.05) is 42.5 Å². The largest absolute Gasteiger partial charge is 0.473 e. The lowest BCUT2D eigenvalue weighted by Gasteiger charge is -2.22. The van der Waals surface area contributed by atoms with Gasteiger partial charge in [-0.15, -0.1) is 0 Å². The van der Waals surface area contributed by atoms with E-state index in [0.29, 0.717) is 36.4 Å². The standard InChI is InChI=1S/C31H38N6O6/c1-20-26(27(38)37-24(28(39)41-6)18-33-30(40)43-31(3,4)5)21(2)35-29(34-20)32-17-11-15-23-14-10-16-25(36-23)42-19-22-12-8-7-9-13-22/h7-16,24H,17-19H2,1-6H3,(H,33,40)(H,37,38)(H,32,34,35)/b15-11+/t24-/m0/s1. The Balaban J connectivity index is 1.57. The van der Waals surface area contributed by atoms with Crippen molar-refractivity contribution in [2.24, 2.45) is 0 Å². The van der Waals surface area contributed by atoms with E-state index in [1.807, 2.05) is 54.6 Å². The molecule has 43 heavy (non-hydrogen) atoms. The minimum absolute atomic E-state index is 0.212. The van der Waals surface area contributed by atoms with E-state index in [1.54, 1.807) is 40.7 Å². The number of anilines is 1. The fourth-order valence-corrected chi connectivity index (χ4v) is 3.85. The number of carbonyl (C=O) groups is 3. The van der Waals surface area contributed by atoms with Gasteiger partial charge in [-0.3, -0.25) is 4.79 Å². The van der Waals surface area contributed by atoms with Crippen LogP contribution in [0, 0.1) is 13.8 Å². The predicted octanol–water partition coefficient (Wildman–Crippen LogP) is 3.99. The van der Waals surface area contributed by atoms with Gasteiger partial charge in [0.1, 0.15) is 18.2 Å². The average Bonchev–Trinajstić information content (AvgIpc) is 2.95. The second-order valence-corrected chi connectivity index (χ2v) is 10.5. The Morgan fingerprint density at radius 3 is 2.30 bits per heavy atom. The van der Waals surface area contributed by atoms with Gasteiger partial charge in [0.25, 0.3) is 5.91 Å². The molecular weight excluding hydrogens is 552 g/mol. The molecule has 12 heteroatoms. The first-order chi connectivity index (χ1) is 20.4. The molecule has 2 amide bonds. The van der Waals surface area contributed by atoms with Crippen LogP contribution in [0.3, 0.4) is 0 Å². The van der Waals surface area contributed by atoms with Crippen LogP contribution in [0.2, 0.25) is 0 Å². The third kappa shape index (κ3) is 10.7. The highest BCUT2D eigenvalue weighted by molar-refractivity contribution is 5.98. The van der Waals surface area contributed by atoms with Gasteiger partial charge in [-0.25, -0.2) is 24.5 Å². The van der Waals surface area contributed by atoms with Crippen molar-refractivity contribution in [3.63, 3.8) is 0 Å². The summed E-state index contributed by atoms with van der Waals surface area (Å²) < 4.78 is 15.8. The molecule has 228 valence electrons. The third-order valence-electron chi connectivity index (χ3n) is 5.78. The minimum atomic E-state index is -1.15. The van der Waals surface area contributed by atoms with Gasteiger partial charge in [0, 0.05) is 12.6 Å². The Kier molecular flexibility index (Phi) is 11.6. The molecule has 0 bridgehead atoms. The summed E-state index contributed by atoms with van der Waals surface area (Å²) >= 11 is 0. The Morgan fingerprint density at radius 2 is 1.65 bits per heavy atom. The number of rotatable bonds is 12. The summed E-state index contributed by atoms with van der Waals surface area (Å²) in [7, 11) is 1.19. The smallest absolute Gasteiger partial charge is 0.407 e. The Bertz CT molecular complexity index is 1420. The quantitative estimate of drug-likeness (QED) is 0.264. The molecule has 0 radical (unpaired) electrons. The number of benzene rings is 1. The number of methoxy groups -OCH3 is 1. The van der Waals surface area contributed by atoms with Crippen molar-refractivity contribution < 1.29 is 28.6 Å². The molecule has 0 fully saturated rings. The average molecular weight is 591 g/mol. The number of nitrogens with one attached hydrogen (secondary N) is 3. The highest BCUT2D eigenvalue weighted by Gasteiger charge is 2.26. The number of nitrogens with zero attached hydrogens (tertiary/aromatic N) is 3. The van der Waals surface area contributed by atoms with Gasteiger partial charge in [-0.2, -0.15) is 0 Å². The summed E-state index contributed by atoms with van der Waals surface area (Å²) in [6, 6.07) is 14.3. The number of amides is 2. The summed E-state index contributed by atoms with van der Waals surface area (Å²) in [4.78, 5) is 50.7. The van der Waals surface area contributed by atoms with Crippen LogP contribution in [-0.2, 0) is 20.9 Å². The molecular formula is C31H38N6O6. The highest BCUT2D eigenvalue weighted by Crippen LogP contribution is 2.14. The molecule has 0 aliphatic rings. The zero-order valence-corrected chi connectivity index (χ0v) is 25.3. The number of esters is 1. The lowest BCUT2D eigenvalue weighted by Crippen LogP contribution is -2.50. The maximum Gasteiger partial charge on any atom is 0.407 e. The number of pyridine rings is 1. The van der Waals surface area contributed by atoms with Gasteiger partial charge in [-0.05, 0) is 52.3 Å². The summed E-state index contributed by atoms with van der Waals surface area (Å²) in [5, 5.41) is 8.16. The van der Waals surface area contributed by atoms with E-state index in [1.165, 1.54) is 7.11 Å². The van der Waals surface area contributed by atoms with Crippen molar-refractivity contribution in [2.75, 3.05) is 25.5 Å². The number of hydrogen-bond donors (Lipinski definition) is 3. The van der Waals surface area contributed by atoms with Gasteiger partial charge in [0.2, 0.25) is 11.8 Å². The van der Waals surface area contributed by atoms with Crippen molar-refractivity contribution >= 4 is 30.0 Å². The zero-order chi connectivity index (χ0) is 31.4. The molecule has 0 aliphatic heterocycles. The molecule has 2 heterocycles. The monoisotopic (exact) mass is 590 g/mol. The lowest BCUT2D eigenvalue weighted by molar-refractivity contribution is -0.142. The third-order valence-corrected chi connectivity index (χ3v) is 5.78. The Hall–Kier alpha value is -5.00. The van der Waals surface area contributed by atoms with Crippen LogP contribution >= 0.6 is 0 Å². The summed E-state index contributed by atoms with van der Waals surface area (Å²) in [6.07, 6.45) is 2.99. The number of hydrogen-bond acceptors (Lipinski definition) is 10. The number of alkyl carbamates (subject to hydrolysis) is 1. The number of carbonyl (C=O) groups excluding carboxylic acids is 3. The van der Waals surface area contributed by atoms with Crippen LogP contribution in [0.4, 0.5) is 10.7 Å². The van der Waals surface area contributed by atoms with Crippen LogP contribution in [0.5, 0.6) is 5.88 Å². The maximum absolute atomic E-state index is 13.1. The number of ether oxygens (including phenoxy) is 3. The SMILES string of the molecule is COC(=O)[C@H](CNC(=O)OC(C)(C)C)NC(=O)c1c(C)nc(NC/C=C/c2cccc(OCc3ccccc3)n2)nc1C. The molecule has 3 aromatic rings. The van der Waals surface area contributed by atoms with Crippen LogP contribution in [0.15, 0.2) is 54.6 Å². The summed E-state index contributed by atoms with van der Waals surface area (Å²) in [5.74, 6) is -0.450. The van der Waals surface area contributed by atoms with Gasteiger partial charge < -0.3 is 30.2 Å². The van der Waals surface area contributed by atoms with E-state index in [-0.39, 0.29) is 12.1 Å². The van der Waals surface area contributed by atoms with E-state index in [9.17, 15) is 14.4 Å². The fraction of sp³-hybridized carbons (Fsp3) is 0.355. The van der Waals surface area contributed by atoms with E-state index in [2.05, 4.69) is 30.9 Å². The molecule has 12 nitrogen and oxygen atoms in total. The van der Waals surface area contributed by atoms with Crippen LogP contribution in [0.1, 0.15) is 53.8 Å². The van der Waals surface area contributed by atoms with Crippen LogP contribution < -0.4 is 20.7 Å². The normalized spacial score (nSPS) is 11.9. The van der Waals surface area contributed by atoms with Gasteiger partial charge >= 0.3 is 12.1 Å². The van der Waals surface area contributed by atoms with E-state index in [0.717, 1.165) is 11.3 Å². The van der Waals surface area contributed by atoms with Crippen molar-refractivity contribution in [3.05, 3.63) is 82.8 Å². The summed E-state index contributed by atoms with van der Waals surface area (Å²) in [6.45, 7) is 9.09. The molecule has 0 spiro atoms. The molecule has 2 aromatic heterocycles. The minimum Gasteiger partial charge on any atom is -0.473 e. The molecule has 3 rings (SSSR count). The van der Waals surface area contributed by atoms with Gasteiger partial charge in [0.05, 0.1) is 36.3 Å². The molecule has 0 saturated carbocycles. The second kappa shape index (κ2) is 15.3. The van der Waals surface area contributed by atoms with E-state index >= 15 is 0 Å². The first-order valence-corrected chi connectivity index (χ1v) is 13.7. The van der Waals surface area contributed by atoms with Crippen LogP contribution in [0.25, 0.3) is 6.08 Å². The second-order valence-electron chi connectivity index (χ2n) is 10.5. The summed E-state index contributed by atoms with van der Waals surface area (Å²) in [5.41, 5.74) is 2.10. The number of aromatic nitrogens is 3. The molecule has 1 atom stereocenters. The topological polar surface area (TPSA) is 154 Å². The predicted molar refractivity (Wildman–Crippen MR) is 162 cm³/mol. The molecule has 3 N–H and O–H groups in total. The first-order valence-electron chi connectivity index (χ1n) is 13.7. The first kappa shape index (κ1) is 32.5. The number of aryl methyl sites for hydroxylation is 2. The van der Waals surface area contributed by atoms with Crippen molar-refractivity contribution in [1.29, 1.82) is 0 Å². The van der Waals surface area contributed by atoms with Crippen molar-refractivity contribution in [1.82, 2.24) is 25.6 Å². The molecule has 0 saturated heterocycles. The molecule has 0 unspecified atom stereocenters. The maximum atomic E-state index is 13.1. The van der Waals surface area contributed by atoms with E-state index < -0.39 is 29.6 Å².